The van der Waals surface area contributed by atoms with Crippen molar-refractivity contribution in [1.29, 1.82) is 0 Å². The molecule has 2 heteroatoms. The van der Waals surface area contributed by atoms with Gasteiger partial charge in [-0.2, -0.15) is 0 Å². The van der Waals surface area contributed by atoms with Gasteiger partial charge in [-0.25, -0.2) is 4.98 Å². The van der Waals surface area contributed by atoms with Crippen LogP contribution in [0.1, 0.15) is 25.0 Å². The van der Waals surface area contributed by atoms with Gasteiger partial charge in [0.2, 0.25) is 0 Å². The lowest BCUT2D eigenvalue weighted by Crippen LogP contribution is -2.14. The second kappa shape index (κ2) is 11.6. The summed E-state index contributed by atoms with van der Waals surface area (Å²) >= 11 is 0. The van der Waals surface area contributed by atoms with Gasteiger partial charge in [-0.3, -0.25) is 4.57 Å². The van der Waals surface area contributed by atoms with Gasteiger partial charge in [0.1, 0.15) is 5.82 Å². The van der Waals surface area contributed by atoms with Crippen molar-refractivity contribution in [3.63, 3.8) is 0 Å². The Hall–Kier alpha value is -6.77. The van der Waals surface area contributed by atoms with Crippen molar-refractivity contribution in [2.75, 3.05) is 0 Å². The van der Waals surface area contributed by atoms with Gasteiger partial charge in [-0.15, -0.1) is 0 Å². The van der Waals surface area contributed by atoms with Crippen molar-refractivity contribution in [1.82, 2.24) is 9.55 Å². The van der Waals surface area contributed by atoms with Crippen LogP contribution < -0.4 is 0 Å². The third-order valence-electron chi connectivity index (χ3n) is 11.8. The summed E-state index contributed by atoms with van der Waals surface area (Å²) in [4.78, 5) is 5.17. The smallest absolute Gasteiger partial charge is 0.145 e. The van der Waals surface area contributed by atoms with Gasteiger partial charge in [0, 0.05) is 16.7 Å². The van der Waals surface area contributed by atoms with E-state index in [0.717, 1.165) is 28.1 Å². The fourth-order valence-corrected chi connectivity index (χ4v) is 9.18. The van der Waals surface area contributed by atoms with Crippen LogP contribution in [0.15, 0.2) is 182 Å². The molecule has 54 heavy (non-hydrogen) atoms. The molecule has 0 fully saturated rings. The molecule has 11 rings (SSSR count). The zero-order chi connectivity index (χ0) is 36.0. The molecule has 1 aliphatic rings. The van der Waals surface area contributed by atoms with Gasteiger partial charge in [0.25, 0.3) is 0 Å². The quantitative estimate of drug-likeness (QED) is 0.168. The first kappa shape index (κ1) is 30.8. The molecular weight excluding hydrogens is 653 g/mol. The summed E-state index contributed by atoms with van der Waals surface area (Å²) in [5, 5.41) is 7.58. The average Bonchev–Trinajstić information content (AvgIpc) is 3.72. The fourth-order valence-electron chi connectivity index (χ4n) is 9.18. The van der Waals surface area contributed by atoms with Crippen molar-refractivity contribution in [3.8, 4) is 50.5 Å². The average molecular weight is 689 g/mol. The SMILES string of the molecule is CC1(C)c2ccccc2-c2cc3c(-c4ccc5ccccc5c4)c4ccccc4c(-c4ccc(-c5nc6ccccc6n5-c5ccccc5)cc4)c3cc21. The first-order valence-electron chi connectivity index (χ1n) is 18.8. The number of nitrogens with zero attached hydrogens (tertiary/aromatic N) is 2. The van der Waals surface area contributed by atoms with Gasteiger partial charge in [-0.1, -0.05) is 153 Å². The number of imidazole rings is 1. The summed E-state index contributed by atoms with van der Waals surface area (Å²) in [5.41, 5.74) is 14.6. The van der Waals surface area contributed by atoms with E-state index in [1.807, 2.05) is 0 Å². The van der Waals surface area contributed by atoms with Crippen LogP contribution in [0.5, 0.6) is 0 Å². The van der Waals surface area contributed by atoms with E-state index in [4.69, 9.17) is 4.98 Å². The molecule has 0 aliphatic heterocycles. The molecule has 0 bridgehead atoms. The van der Waals surface area contributed by atoms with Gasteiger partial charge in [-0.05, 0) is 119 Å². The predicted molar refractivity (Wildman–Crippen MR) is 227 cm³/mol. The molecule has 0 N–H and O–H groups in total. The van der Waals surface area contributed by atoms with Crippen molar-refractivity contribution in [2.24, 2.45) is 0 Å². The largest absolute Gasteiger partial charge is 0.292 e. The maximum atomic E-state index is 5.17. The van der Waals surface area contributed by atoms with E-state index in [1.165, 1.54) is 76.8 Å². The van der Waals surface area contributed by atoms with E-state index in [-0.39, 0.29) is 5.41 Å². The topological polar surface area (TPSA) is 17.8 Å². The molecule has 10 aromatic rings. The summed E-state index contributed by atoms with van der Waals surface area (Å²) < 4.78 is 2.27. The monoisotopic (exact) mass is 688 g/mol. The molecule has 0 spiro atoms. The maximum absolute atomic E-state index is 5.17. The summed E-state index contributed by atoms with van der Waals surface area (Å²) in [6.45, 7) is 4.75. The van der Waals surface area contributed by atoms with Crippen LogP contribution >= 0.6 is 0 Å². The summed E-state index contributed by atoms with van der Waals surface area (Å²) in [6.07, 6.45) is 0. The van der Waals surface area contributed by atoms with E-state index in [2.05, 4.69) is 200 Å². The molecule has 9 aromatic carbocycles. The zero-order valence-corrected chi connectivity index (χ0v) is 30.2. The van der Waals surface area contributed by atoms with Crippen LogP contribution in [-0.4, -0.2) is 9.55 Å². The molecule has 254 valence electrons. The Morgan fingerprint density at radius 3 is 1.85 bits per heavy atom. The van der Waals surface area contributed by atoms with Crippen LogP contribution in [0.2, 0.25) is 0 Å². The van der Waals surface area contributed by atoms with Crippen LogP contribution in [0.25, 0.3) is 93.8 Å². The van der Waals surface area contributed by atoms with Gasteiger partial charge in [0.05, 0.1) is 11.0 Å². The van der Waals surface area contributed by atoms with E-state index in [1.54, 1.807) is 0 Å². The third-order valence-corrected chi connectivity index (χ3v) is 11.8. The molecule has 0 saturated carbocycles. The molecule has 1 heterocycles. The summed E-state index contributed by atoms with van der Waals surface area (Å²) in [6, 6.07) is 66.6. The molecule has 0 atom stereocenters. The van der Waals surface area contributed by atoms with E-state index >= 15 is 0 Å². The lowest BCUT2D eigenvalue weighted by molar-refractivity contribution is 0.661. The standard InChI is InChI=1S/C52H36N2/c1-52(2)45-21-11-10-18-39(45)42-31-43-44(32-46(42)52)49(40-19-8-9-20-41(40)50(43)37-29-24-33-14-6-7-15-36(33)30-37)34-25-27-35(28-26-34)51-53-47-22-12-13-23-48(47)54(51)38-16-4-3-5-17-38/h3-32H,1-2H3. The van der Waals surface area contributed by atoms with E-state index < -0.39 is 0 Å². The van der Waals surface area contributed by atoms with E-state index in [9.17, 15) is 0 Å². The van der Waals surface area contributed by atoms with Crippen molar-refractivity contribution >= 4 is 43.4 Å². The Morgan fingerprint density at radius 2 is 1.04 bits per heavy atom. The zero-order valence-electron chi connectivity index (χ0n) is 30.2. The van der Waals surface area contributed by atoms with Crippen LogP contribution in [0.3, 0.4) is 0 Å². The predicted octanol–water partition coefficient (Wildman–Crippen LogP) is 13.8. The first-order valence-corrected chi connectivity index (χ1v) is 18.8. The Bertz CT molecular complexity index is 3110. The number of hydrogen-bond acceptors (Lipinski definition) is 1. The molecular formula is C52H36N2. The second-order valence-corrected chi connectivity index (χ2v) is 15.1. The molecule has 1 aromatic heterocycles. The Labute approximate surface area is 314 Å². The fraction of sp³-hybridized carbons (Fsp3) is 0.0577. The summed E-state index contributed by atoms with van der Waals surface area (Å²) in [7, 11) is 0. The number of benzene rings is 9. The van der Waals surface area contributed by atoms with Gasteiger partial charge < -0.3 is 0 Å². The van der Waals surface area contributed by atoms with Crippen molar-refractivity contribution < 1.29 is 0 Å². The van der Waals surface area contributed by atoms with Crippen molar-refractivity contribution in [2.45, 2.75) is 19.3 Å². The maximum Gasteiger partial charge on any atom is 0.145 e. The van der Waals surface area contributed by atoms with Crippen LogP contribution in [-0.2, 0) is 5.41 Å². The minimum absolute atomic E-state index is 0.119. The number of fused-ring (bicyclic) bond motifs is 7. The highest BCUT2D eigenvalue weighted by molar-refractivity contribution is 6.23. The highest BCUT2D eigenvalue weighted by atomic mass is 15.1. The first-order chi connectivity index (χ1) is 26.5. The molecule has 1 aliphatic carbocycles. The normalized spacial score (nSPS) is 13.1. The highest BCUT2D eigenvalue weighted by Gasteiger charge is 2.36. The minimum Gasteiger partial charge on any atom is -0.292 e. The minimum atomic E-state index is -0.119. The van der Waals surface area contributed by atoms with Gasteiger partial charge in [0.15, 0.2) is 0 Å². The molecule has 0 amide bonds. The number of hydrogen-bond donors (Lipinski definition) is 0. The Morgan fingerprint density at radius 1 is 0.426 bits per heavy atom. The molecule has 0 radical (unpaired) electrons. The number of para-hydroxylation sites is 3. The van der Waals surface area contributed by atoms with Crippen LogP contribution in [0, 0.1) is 0 Å². The van der Waals surface area contributed by atoms with Crippen LogP contribution in [0.4, 0.5) is 0 Å². The lowest BCUT2D eigenvalue weighted by Gasteiger charge is -2.24. The Balaban J connectivity index is 1.19. The Kier molecular flexibility index (Phi) is 6.63. The van der Waals surface area contributed by atoms with E-state index in [0.29, 0.717) is 0 Å². The number of rotatable bonds is 4. The highest BCUT2D eigenvalue weighted by Crippen LogP contribution is 2.53. The number of aromatic nitrogens is 2. The second-order valence-electron chi connectivity index (χ2n) is 15.1. The molecule has 0 saturated heterocycles. The molecule has 0 unspecified atom stereocenters. The third kappa shape index (κ3) is 4.50. The summed E-state index contributed by atoms with van der Waals surface area (Å²) in [5.74, 6) is 0.938. The lowest BCUT2D eigenvalue weighted by atomic mass is 9.79. The van der Waals surface area contributed by atoms with Crippen molar-refractivity contribution in [3.05, 3.63) is 193 Å². The molecule has 2 nitrogen and oxygen atoms in total. The van der Waals surface area contributed by atoms with Gasteiger partial charge >= 0.3 is 0 Å².